The average Bonchev–Trinajstić information content (AvgIpc) is 3.14. The number of nitrogens with one attached hydrogen (secondary N) is 2. The van der Waals surface area contributed by atoms with Crippen LogP contribution in [-0.2, 0) is 6.61 Å². The SMILES string of the molecule is CCN1CCC[C@@H]1CNC(=O)Nc1ccccc1OCc1ccccc1. The van der Waals surface area contributed by atoms with Gasteiger partial charge in [-0.1, -0.05) is 49.4 Å². The van der Waals surface area contributed by atoms with Crippen LogP contribution in [-0.4, -0.2) is 36.6 Å². The fourth-order valence-corrected chi connectivity index (χ4v) is 3.35. The van der Waals surface area contributed by atoms with E-state index in [1.165, 1.54) is 6.42 Å². The number of hydrogen-bond donors (Lipinski definition) is 2. The van der Waals surface area contributed by atoms with Crippen LogP contribution >= 0.6 is 0 Å². The number of anilines is 1. The van der Waals surface area contributed by atoms with Crippen molar-refractivity contribution in [1.82, 2.24) is 10.2 Å². The second-order valence-corrected chi connectivity index (χ2v) is 6.53. The lowest BCUT2D eigenvalue weighted by Crippen LogP contribution is -2.41. The van der Waals surface area contributed by atoms with Gasteiger partial charge >= 0.3 is 6.03 Å². The molecule has 2 aromatic rings. The van der Waals surface area contributed by atoms with Crippen molar-refractivity contribution in [2.45, 2.75) is 32.4 Å². The summed E-state index contributed by atoms with van der Waals surface area (Å²) in [6.45, 7) is 5.46. The van der Waals surface area contributed by atoms with E-state index in [0.29, 0.717) is 30.6 Å². The van der Waals surface area contributed by atoms with Gasteiger partial charge in [-0.2, -0.15) is 0 Å². The fraction of sp³-hybridized carbons (Fsp3) is 0.381. The Morgan fingerprint density at radius 3 is 2.73 bits per heavy atom. The Labute approximate surface area is 155 Å². The highest BCUT2D eigenvalue weighted by Crippen LogP contribution is 2.24. The molecule has 0 radical (unpaired) electrons. The molecule has 0 unspecified atom stereocenters. The zero-order valence-electron chi connectivity index (χ0n) is 15.3. The lowest BCUT2D eigenvalue weighted by molar-refractivity contribution is 0.237. The third-order valence-corrected chi connectivity index (χ3v) is 4.78. The maximum absolute atomic E-state index is 12.3. The Kier molecular flexibility index (Phi) is 6.50. The Bertz CT molecular complexity index is 705. The molecule has 1 saturated heterocycles. The molecule has 0 saturated carbocycles. The third kappa shape index (κ3) is 4.99. The number of nitrogens with zero attached hydrogens (tertiary/aromatic N) is 1. The van der Waals surface area contributed by atoms with Crippen LogP contribution in [0.1, 0.15) is 25.3 Å². The van der Waals surface area contributed by atoms with Crippen LogP contribution in [0.2, 0.25) is 0 Å². The van der Waals surface area contributed by atoms with Crippen LogP contribution in [0.5, 0.6) is 5.75 Å². The molecular formula is C21H27N3O2. The highest BCUT2D eigenvalue weighted by molar-refractivity contribution is 5.90. The topological polar surface area (TPSA) is 53.6 Å². The molecule has 26 heavy (non-hydrogen) atoms. The predicted octanol–water partition coefficient (Wildman–Crippen LogP) is 3.87. The quantitative estimate of drug-likeness (QED) is 0.794. The predicted molar refractivity (Wildman–Crippen MR) is 105 cm³/mol. The van der Waals surface area contributed by atoms with Gasteiger partial charge in [0.05, 0.1) is 5.69 Å². The summed E-state index contributed by atoms with van der Waals surface area (Å²) in [5.41, 5.74) is 1.77. The number of urea groups is 1. The molecule has 5 nitrogen and oxygen atoms in total. The molecule has 0 bridgehead atoms. The van der Waals surface area contributed by atoms with E-state index in [9.17, 15) is 4.79 Å². The largest absolute Gasteiger partial charge is 0.487 e. The molecule has 0 spiro atoms. The zero-order valence-corrected chi connectivity index (χ0v) is 15.3. The van der Waals surface area contributed by atoms with Gasteiger partial charge in [-0.25, -0.2) is 4.79 Å². The lowest BCUT2D eigenvalue weighted by Gasteiger charge is -2.23. The van der Waals surface area contributed by atoms with Gasteiger partial charge in [0.1, 0.15) is 12.4 Å². The van der Waals surface area contributed by atoms with E-state index in [0.717, 1.165) is 25.1 Å². The highest BCUT2D eigenvalue weighted by atomic mass is 16.5. The number of ether oxygens (including phenoxy) is 1. The third-order valence-electron chi connectivity index (χ3n) is 4.78. The van der Waals surface area contributed by atoms with E-state index in [-0.39, 0.29) is 6.03 Å². The van der Waals surface area contributed by atoms with E-state index in [4.69, 9.17) is 4.74 Å². The summed E-state index contributed by atoms with van der Waals surface area (Å²) in [7, 11) is 0. The maximum atomic E-state index is 12.3. The number of carbonyl (C=O) groups excluding carboxylic acids is 1. The van der Waals surface area contributed by atoms with Crippen molar-refractivity contribution >= 4 is 11.7 Å². The van der Waals surface area contributed by atoms with Crippen LogP contribution in [0, 0.1) is 0 Å². The normalized spacial score (nSPS) is 17.0. The first-order chi connectivity index (χ1) is 12.8. The van der Waals surface area contributed by atoms with Crippen LogP contribution in [0.25, 0.3) is 0 Å². The molecule has 0 aromatic heterocycles. The molecule has 1 aliphatic heterocycles. The summed E-state index contributed by atoms with van der Waals surface area (Å²) >= 11 is 0. The maximum Gasteiger partial charge on any atom is 0.319 e. The van der Waals surface area contributed by atoms with Crippen molar-refractivity contribution in [3.8, 4) is 5.75 Å². The molecule has 2 aromatic carbocycles. The number of rotatable bonds is 7. The molecule has 138 valence electrons. The van der Waals surface area contributed by atoms with E-state index in [1.807, 2.05) is 54.6 Å². The summed E-state index contributed by atoms with van der Waals surface area (Å²) in [5.74, 6) is 0.669. The number of benzene rings is 2. The molecule has 3 rings (SSSR count). The second-order valence-electron chi connectivity index (χ2n) is 6.53. The monoisotopic (exact) mass is 353 g/mol. The summed E-state index contributed by atoms with van der Waals surface area (Å²) in [4.78, 5) is 14.7. The Morgan fingerprint density at radius 2 is 1.92 bits per heavy atom. The van der Waals surface area contributed by atoms with Gasteiger partial charge in [0.2, 0.25) is 0 Å². The van der Waals surface area contributed by atoms with Gasteiger partial charge in [0.15, 0.2) is 0 Å². The highest BCUT2D eigenvalue weighted by Gasteiger charge is 2.23. The lowest BCUT2D eigenvalue weighted by atomic mass is 10.2. The molecule has 1 aliphatic rings. The molecule has 1 atom stereocenters. The van der Waals surface area contributed by atoms with Crippen molar-refractivity contribution < 1.29 is 9.53 Å². The van der Waals surface area contributed by atoms with Crippen LogP contribution in [0.15, 0.2) is 54.6 Å². The van der Waals surface area contributed by atoms with Crippen molar-refractivity contribution in [2.75, 3.05) is 25.0 Å². The average molecular weight is 353 g/mol. The molecule has 1 heterocycles. The molecular weight excluding hydrogens is 326 g/mol. The Balaban J connectivity index is 1.53. The summed E-state index contributed by atoms with van der Waals surface area (Å²) < 4.78 is 5.89. The molecule has 2 N–H and O–H groups in total. The first kappa shape index (κ1) is 18.3. The van der Waals surface area contributed by atoms with E-state index >= 15 is 0 Å². The standard InChI is InChI=1S/C21H27N3O2/c1-2-24-14-8-11-18(24)15-22-21(25)23-19-12-6-7-13-20(19)26-16-17-9-4-3-5-10-17/h3-7,9-10,12-13,18H,2,8,11,14-16H2,1H3,(H2,22,23,25)/t18-/m1/s1. The molecule has 1 fully saturated rings. The van der Waals surface area contributed by atoms with Crippen molar-refractivity contribution in [3.05, 3.63) is 60.2 Å². The van der Waals surface area contributed by atoms with Crippen LogP contribution in [0.4, 0.5) is 10.5 Å². The van der Waals surface area contributed by atoms with Gasteiger partial charge in [-0.15, -0.1) is 0 Å². The van der Waals surface area contributed by atoms with Crippen LogP contribution < -0.4 is 15.4 Å². The summed E-state index contributed by atoms with van der Waals surface area (Å²) in [5, 5.41) is 5.90. The van der Waals surface area contributed by atoms with Crippen molar-refractivity contribution in [2.24, 2.45) is 0 Å². The van der Waals surface area contributed by atoms with E-state index < -0.39 is 0 Å². The number of likely N-dealkylation sites (N-methyl/N-ethyl adjacent to an activating group) is 1. The Hall–Kier alpha value is -2.53. The molecule has 0 aliphatic carbocycles. The minimum atomic E-state index is -0.191. The number of para-hydroxylation sites is 2. The summed E-state index contributed by atoms with van der Waals surface area (Å²) in [6, 6.07) is 17.8. The fourth-order valence-electron chi connectivity index (χ4n) is 3.35. The van der Waals surface area contributed by atoms with Gasteiger partial charge < -0.3 is 15.4 Å². The summed E-state index contributed by atoms with van der Waals surface area (Å²) in [6.07, 6.45) is 2.35. The number of likely N-dealkylation sites (tertiary alicyclic amines) is 1. The second kappa shape index (κ2) is 9.25. The van der Waals surface area contributed by atoms with Gasteiger partial charge in [0, 0.05) is 12.6 Å². The number of amides is 2. The van der Waals surface area contributed by atoms with Crippen molar-refractivity contribution in [1.29, 1.82) is 0 Å². The van der Waals surface area contributed by atoms with Gasteiger partial charge in [-0.3, -0.25) is 4.90 Å². The van der Waals surface area contributed by atoms with Crippen molar-refractivity contribution in [3.63, 3.8) is 0 Å². The molecule has 2 amide bonds. The minimum Gasteiger partial charge on any atom is -0.487 e. The first-order valence-corrected chi connectivity index (χ1v) is 9.31. The zero-order chi connectivity index (χ0) is 18.2. The number of carbonyl (C=O) groups is 1. The van der Waals surface area contributed by atoms with E-state index in [1.54, 1.807) is 0 Å². The van der Waals surface area contributed by atoms with Gasteiger partial charge in [0.25, 0.3) is 0 Å². The first-order valence-electron chi connectivity index (χ1n) is 9.31. The Morgan fingerprint density at radius 1 is 1.15 bits per heavy atom. The smallest absolute Gasteiger partial charge is 0.319 e. The van der Waals surface area contributed by atoms with Crippen LogP contribution in [0.3, 0.4) is 0 Å². The van der Waals surface area contributed by atoms with Gasteiger partial charge in [-0.05, 0) is 43.6 Å². The van der Waals surface area contributed by atoms with E-state index in [2.05, 4.69) is 22.5 Å². The number of hydrogen-bond acceptors (Lipinski definition) is 3. The minimum absolute atomic E-state index is 0.191. The molecule has 5 heteroatoms.